The Labute approximate surface area is 143 Å². The molecular formula is C19H15NO3S. The fraction of sp³-hybridized carbons (Fsp3) is 0.211. The van der Waals surface area contributed by atoms with Gasteiger partial charge in [-0.3, -0.25) is 9.63 Å². The van der Waals surface area contributed by atoms with E-state index in [-0.39, 0.29) is 17.9 Å². The number of hydrogen-bond donors (Lipinski definition) is 0. The summed E-state index contributed by atoms with van der Waals surface area (Å²) in [4.78, 5) is 19.4. The number of carbonyl (C=O) groups is 1. The Kier molecular flexibility index (Phi) is 3.11. The molecule has 0 aliphatic carbocycles. The summed E-state index contributed by atoms with van der Waals surface area (Å²) in [6.07, 6.45) is 0. The molecule has 0 spiro atoms. The lowest BCUT2D eigenvalue weighted by Crippen LogP contribution is -2.34. The molecule has 1 aromatic heterocycles. The number of amides is 1. The first-order chi connectivity index (χ1) is 11.8. The molecule has 1 fully saturated rings. The molecule has 4 nitrogen and oxygen atoms in total. The number of nitrogens with zero attached hydrogens (tertiary/aromatic N) is 1. The highest BCUT2D eigenvalue weighted by atomic mass is 32.1. The Morgan fingerprint density at radius 1 is 1.08 bits per heavy atom. The van der Waals surface area contributed by atoms with E-state index in [1.807, 2.05) is 35.7 Å². The molecule has 0 radical (unpaired) electrons. The van der Waals surface area contributed by atoms with Crippen LogP contribution in [0.2, 0.25) is 0 Å². The molecule has 3 aromatic rings. The van der Waals surface area contributed by atoms with Crippen LogP contribution in [0, 0.1) is 5.92 Å². The van der Waals surface area contributed by atoms with Gasteiger partial charge in [0.2, 0.25) is 0 Å². The molecule has 2 atom stereocenters. The molecule has 5 rings (SSSR count). The van der Waals surface area contributed by atoms with Crippen molar-refractivity contribution in [2.24, 2.45) is 5.92 Å². The van der Waals surface area contributed by atoms with E-state index in [1.54, 1.807) is 5.06 Å². The minimum absolute atomic E-state index is 0.0710. The number of ether oxygens (including phenoxy) is 1. The first kappa shape index (κ1) is 14.0. The normalized spacial score (nSPS) is 22.1. The van der Waals surface area contributed by atoms with Gasteiger partial charge in [0.15, 0.2) is 0 Å². The zero-order chi connectivity index (χ0) is 16.1. The molecule has 2 unspecified atom stereocenters. The summed E-state index contributed by atoms with van der Waals surface area (Å²) in [7, 11) is 0. The molecular weight excluding hydrogens is 322 g/mol. The molecule has 0 bridgehead atoms. The Morgan fingerprint density at radius 2 is 2.00 bits per heavy atom. The lowest BCUT2D eigenvalue weighted by molar-refractivity contribution is -0.0962. The monoisotopic (exact) mass is 337 g/mol. The molecule has 2 aromatic carbocycles. The number of benzene rings is 2. The Hall–Kier alpha value is -2.37. The molecule has 5 heteroatoms. The Morgan fingerprint density at radius 3 is 2.88 bits per heavy atom. The summed E-state index contributed by atoms with van der Waals surface area (Å²) in [5.74, 6) is 0.940. The van der Waals surface area contributed by atoms with Crippen molar-refractivity contribution in [1.29, 1.82) is 0 Å². The van der Waals surface area contributed by atoms with Crippen LogP contribution in [-0.4, -0.2) is 24.2 Å². The van der Waals surface area contributed by atoms with Crippen LogP contribution < -0.4 is 4.74 Å². The maximum Gasteiger partial charge on any atom is 0.288 e. The van der Waals surface area contributed by atoms with E-state index in [9.17, 15) is 4.79 Å². The van der Waals surface area contributed by atoms with Crippen molar-refractivity contribution < 1.29 is 14.4 Å². The van der Waals surface area contributed by atoms with Gasteiger partial charge in [-0.1, -0.05) is 36.4 Å². The summed E-state index contributed by atoms with van der Waals surface area (Å²) < 4.78 is 5.95. The smallest absolute Gasteiger partial charge is 0.288 e. The van der Waals surface area contributed by atoms with Crippen LogP contribution in [-0.2, 0) is 4.84 Å². The highest BCUT2D eigenvalue weighted by Gasteiger charge is 2.45. The average Bonchev–Trinajstić information content (AvgIpc) is 3.30. The minimum atomic E-state index is -0.102. The van der Waals surface area contributed by atoms with Crippen LogP contribution in [0.1, 0.15) is 21.3 Å². The van der Waals surface area contributed by atoms with Crippen LogP contribution in [0.5, 0.6) is 5.75 Å². The van der Waals surface area contributed by atoms with Crippen LogP contribution in [0.3, 0.4) is 0 Å². The van der Waals surface area contributed by atoms with Gasteiger partial charge in [0.1, 0.15) is 5.75 Å². The summed E-state index contributed by atoms with van der Waals surface area (Å²) in [5.41, 5.74) is 1.06. The van der Waals surface area contributed by atoms with Crippen molar-refractivity contribution in [3.05, 3.63) is 64.4 Å². The quantitative estimate of drug-likeness (QED) is 0.673. The molecule has 1 saturated heterocycles. The molecule has 2 aliphatic heterocycles. The van der Waals surface area contributed by atoms with Gasteiger partial charge in [-0.05, 0) is 28.3 Å². The van der Waals surface area contributed by atoms with Gasteiger partial charge in [-0.2, -0.15) is 0 Å². The van der Waals surface area contributed by atoms with Gasteiger partial charge < -0.3 is 4.74 Å². The lowest BCUT2D eigenvalue weighted by atomic mass is 9.88. The third-order valence-corrected chi connectivity index (χ3v) is 5.60. The predicted molar refractivity (Wildman–Crippen MR) is 92.1 cm³/mol. The van der Waals surface area contributed by atoms with E-state index < -0.39 is 0 Å². The van der Waals surface area contributed by atoms with Gasteiger partial charge in [-0.25, -0.2) is 5.06 Å². The van der Waals surface area contributed by atoms with Crippen molar-refractivity contribution in [3.63, 3.8) is 0 Å². The highest BCUT2D eigenvalue weighted by molar-refractivity contribution is 7.12. The van der Waals surface area contributed by atoms with Crippen molar-refractivity contribution >= 4 is 28.0 Å². The molecule has 0 saturated carbocycles. The van der Waals surface area contributed by atoms with Crippen molar-refractivity contribution in [3.8, 4) is 5.75 Å². The third-order valence-electron chi connectivity index (χ3n) is 4.74. The maximum absolute atomic E-state index is 12.9. The maximum atomic E-state index is 12.9. The van der Waals surface area contributed by atoms with Gasteiger partial charge in [0.05, 0.1) is 24.1 Å². The van der Waals surface area contributed by atoms with E-state index in [4.69, 9.17) is 9.57 Å². The van der Waals surface area contributed by atoms with E-state index >= 15 is 0 Å². The standard InChI is InChI=1S/C19H15NO3S/c21-19(16-6-3-9-24-16)20-18-13(11-23-20)10-22-15-8-7-12-4-1-2-5-14(12)17(15)18/h1-9,13,18H,10-11H2. The molecule has 0 N–H and O–H groups in total. The number of thiophene rings is 1. The van der Waals surface area contributed by atoms with Gasteiger partial charge in [-0.15, -0.1) is 11.3 Å². The lowest BCUT2D eigenvalue weighted by Gasteiger charge is -2.32. The Balaban J connectivity index is 1.66. The zero-order valence-electron chi connectivity index (χ0n) is 12.8. The van der Waals surface area contributed by atoms with Crippen molar-refractivity contribution in [2.75, 3.05) is 13.2 Å². The van der Waals surface area contributed by atoms with E-state index in [1.165, 1.54) is 11.3 Å². The molecule has 120 valence electrons. The summed E-state index contributed by atoms with van der Waals surface area (Å²) >= 11 is 1.44. The number of hydroxylamine groups is 2. The molecule has 24 heavy (non-hydrogen) atoms. The average molecular weight is 337 g/mol. The Bertz CT molecular complexity index is 922. The molecule has 2 aliphatic rings. The zero-order valence-corrected chi connectivity index (χ0v) is 13.7. The second-order valence-electron chi connectivity index (χ2n) is 6.12. The number of hydrogen-bond acceptors (Lipinski definition) is 4. The van der Waals surface area contributed by atoms with Gasteiger partial charge in [0, 0.05) is 11.5 Å². The fourth-order valence-corrected chi connectivity index (χ4v) is 4.28. The van der Waals surface area contributed by atoms with E-state index in [0.29, 0.717) is 18.1 Å². The van der Waals surface area contributed by atoms with Gasteiger partial charge >= 0.3 is 0 Å². The van der Waals surface area contributed by atoms with Crippen molar-refractivity contribution in [2.45, 2.75) is 6.04 Å². The number of carbonyl (C=O) groups excluding carboxylic acids is 1. The first-order valence-electron chi connectivity index (χ1n) is 7.97. The fourth-order valence-electron chi connectivity index (χ4n) is 3.63. The van der Waals surface area contributed by atoms with Crippen molar-refractivity contribution in [1.82, 2.24) is 5.06 Å². The SMILES string of the molecule is O=C(c1cccs1)N1OCC2COc3ccc4ccccc4c3C21. The van der Waals surface area contributed by atoms with E-state index in [2.05, 4.69) is 18.2 Å². The van der Waals surface area contributed by atoms with Crippen LogP contribution in [0.15, 0.2) is 53.9 Å². The minimum Gasteiger partial charge on any atom is -0.493 e. The molecule has 1 amide bonds. The largest absolute Gasteiger partial charge is 0.493 e. The number of fused-ring (bicyclic) bond motifs is 5. The second kappa shape index (κ2) is 5.33. The number of rotatable bonds is 1. The first-order valence-corrected chi connectivity index (χ1v) is 8.85. The predicted octanol–water partition coefficient (Wildman–Crippen LogP) is 4.04. The second-order valence-corrected chi connectivity index (χ2v) is 7.07. The summed E-state index contributed by atoms with van der Waals surface area (Å²) in [6, 6.07) is 15.9. The van der Waals surface area contributed by atoms with Gasteiger partial charge in [0.25, 0.3) is 5.91 Å². The van der Waals surface area contributed by atoms with Crippen LogP contribution in [0.25, 0.3) is 10.8 Å². The van der Waals surface area contributed by atoms with Crippen LogP contribution in [0.4, 0.5) is 0 Å². The third kappa shape index (κ3) is 1.98. The summed E-state index contributed by atoms with van der Waals surface area (Å²) in [6.45, 7) is 1.08. The highest BCUT2D eigenvalue weighted by Crippen LogP contribution is 2.47. The van der Waals surface area contributed by atoms with Crippen LogP contribution >= 0.6 is 11.3 Å². The topological polar surface area (TPSA) is 38.8 Å². The summed E-state index contributed by atoms with van der Waals surface area (Å²) in [5, 5.41) is 5.74. The van der Waals surface area contributed by atoms with E-state index in [0.717, 1.165) is 22.1 Å². The molecule has 3 heterocycles.